The molecule has 0 radical (unpaired) electrons. The summed E-state index contributed by atoms with van der Waals surface area (Å²) in [5, 5.41) is 6.70. The van der Waals surface area contributed by atoms with Crippen molar-refractivity contribution in [3.8, 4) is 5.88 Å². The first-order chi connectivity index (χ1) is 12.5. The van der Waals surface area contributed by atoms with Gasteiger partial charge in [0.05, 0.1) is 23.2 Å². The number of halogens is 3. The summed E-state index contributed by atoms with van der Waals surface area (Å²) in [5.74, 6) is -1.59. The Kier molecular flexibility index (Phi) is 5.16. The molecule has 0 unspecified atom stereocenters. The molecule has 8 nitrogen and oxygen atoms in total. The minimum Gasteiger partial charge on any atom is -0.444 e. The van der Waals surface area contributed by atoms with Crippen LogP contribution in [0.4, 0.5) is 14.7 Å². The van der Waals surface area contributed by atoms with Gasteiger partial charge in [0.15, 0.2) is 5.82 Å². The number of anilines is 1. The summed E-state index contributed by atoms with van der Waals surface area (Å²) >= 11 is 3.25. The number of aromatic nitrogens is 4. The highest BCUT2D eigenvalue weighted by molar-refractivity contribution is 9.10. The van der Waals surface area contributed by atoms with Crippen LogP contribution in [0.5, 0.6) is 5.88 Å². The van der Waals surface area contributed by atoms with Crippen LogP contribution in [0, 0.1) is 5.82 Å². The van der Waals surface area contributed by atoms with Crippen molar-refractivity contribution in [3.63, 3.8) is 0 Å². The third-order valence-electron chi connectivity index (χ3n) is 3.24. The van der Waals surface area contributed by atoms with Crippen molar-refractivity contribution in [2.24, 2.45) is 0 Å². The molecule has 0 saturated carbocycles. The van der Waals surface area contributed by atoms with Crippen LogP contribution in [-0.4, -0.2) is 32.5 Å². The van der Waals surface area contributed by atoms with E-state index in [0.717, 1.165) is 17.1 Å². The molecule has 3 rings (SSSR count). The van der Waals surface area contributed by atoms with Gasteiger partial charge in [-0.1, -0.05) is 15.9 Å². The van der Waals surface area contributed by atoms with Crippen LogP contribution in [0.25, 0.3) is 10.8 Å². The van der Waals surface area contributed by atoms with Gasteiger partial charge in [-0.3, -0.25) is 14.9 Å². The van der Waals surface area contributed by atoms with Crippen LogP contribution in [0.15, 0.2) is 39.9 Å². The fourth-order valence-corrected chi connectivity index (χ4v) is 2.53. The van der Waals surface area contributed by atoms with Crippen LogP contribution in [0.3, 0.4) is 0 Å². The van der Waals surface area contributed by atoms with E-state index in [2.05, 4.69) is 36.3 Å². The molecule has 2 heterocycles. The van der Waals surface area contributed by atoms with Crippen LogP contribution in [-0.2, 0) is 11.3 Å². The van der Waals surface area contributed by atoms with Gasteiger partial charge in [-0.2, -0.15) is 0 Å². The molecule has 0 spiro atoms. The van der Waals surface area contributed by atoms with E-state index in [1.165, 1.54) is 6.07 Å². The zero-order chi connectivity index (χ0) is 18.7. The van der Waals surface area contributed by atoms with Gasteiger partial charge >= 0.3 is 0 Å². The maximum Gasteiger partial charge on any atom is 0.275 e. The average Bonchev–Trinajstić information content (AvgIpc) is 2.61. The van der Waals surface area contributed by atoms with Crippen LogP contribution in [0.1, 0.15) is 0 Å². The Hall–Kier alpha value is -2.95. The Bertz CT molecular complexity index is 1030. The highest BCUT2D eigenvalue weighted by Crippen LogP contribution is 2.24. The summed E-state index contributed by atoms with van der Waals surface area (Å²) in [6.45, 7) is -1.64. The Morgan fingerprint density at radius 2 is 2.00 bits per heavy atom. The SMILES string of the molecule is O=C(Cn1nc(OCF)c2cc(Br)ccc2c1=O)Nc1ncc(F)cn1. The predicted octanol–water partition coefficient (Wildman–Crippen LogP) is 2.03. The monoisotopic (exact) mass is 425 g/mol. The fourth-order valence-electron chi connectivity index (χ4n) is 2.17. The fraction of sp³-hybridized carbons (Fsp3) is 0.133. The van der Waals surface area contributed by atoms with Crippen molar-refractivity contribution >= 4 is 38.6 Å². The minimum atomic E-state index is -1.15. The smallest absolute Gasteiger partial charge is 0.275 e. The molecular formula is C15H10BrF2N5O3. The molecule has 0 aliphatic rings. The number of ether oxygens (including phenoxy) is 1. The summed E-state index contributed by atoms with van der Waals surface area (Å²) in [7, 11) is 0. The lowest BCUT2D eigenvalue weighted by Gasteiger charge is -2.10. The summed E-state index contributed by atoms with van der Waals surface area (Å²) < 4.78 is 31.7. The second kappa shape index (κ2) is 7.52. The number of amides is 1. The number of alkyl halides is 1. The molecular weight excluding hydrogens is 416 g/mol. The van der Waals surface area contributed by atoms with E-state index in [4.69, 9.17) is 4.74 Å². The normalized spacial score (nSPS) is 10.7. The van der Waals surface area contributed by atoms with E-state index in [0.29, 0.717) is 9.86 Å². The first-order valence-corrected chi connectivity index (χ1v) is 7.94. The van der Waals surface area contributed by atoms with Crippen molar-refractivity contribution in [1.82, 2.24) is 19.7 Å². The van der Waals surface area contributed by atoms with E-state index in [1.54, 1.807) is 12.1 Å². The molecule has 0 bridgehead atoms. The molecule has 0 atom stereocenters. The molecule has 134 valence electrons. The number of nitrogens with zero attached hydrogens (tertiary/aromatic N) is 4. The van der Waals surface area contributed by atoms with E-state index >= 15 is 0 Å². The van der Waals surface area contributed by atoms with Crippen LogP contribution in [0.2, 0.25) is 0 Å². The maximum atomic E-state index is 12.8. The van der Waals surface area contributed by atoms with Crippen molar-refractivity contribution in [2.45, 2.75) is 6.54 Å². The molecule has 1 N–H and O–H groups in total. The summed E-state index contributed by atoms with van der Waals surface area (Å²) in [6, 6.07) is 4.69. The minimum absolute atomic E-state index is 0.130. The van der Waals surface area contributed by atoms with Crippen LogP contribution < -0.4 is 15.6 Å². The molecule has 0 fully saturated rings. The Labute approximate surface area is 153 Å². The van der Waals surface area contributed by atoms with Crippen molar-refractivity contribution in [1.29, 1.82) is 0 Å². The standard InChI is InChI=1S/C15H10BrF2N5O3/c16-8-1-2-10-11(3-8)13(26-7-17)22-23(14(10)25)6-12(24)21-15-19-4-9(18)5-20-15/h1-5H,6-7H2,(H,19,20,21,24). The molecule has 0 aliphatic carbocycles. The summed E-state index contributed by atoms with van der Waals surface area (Å²) in [4.78, 5) is 31.7. The average molecular weight is 426 g/mol. The van der Waals surface area contributed by atoms with Gasteiger partial charge in [-0.15, -0.1) is 5.10 Å². The van der Waals surface area contributed by atoms with Crippen molar-refractivity contribution in [2.75, 3.05) is 12.2 Å². The number of benzene rings is 1. The van der Waals surface area contributed by atoms with Gasteiger partial charge in [0, 0.05) is 4.47 Å². The highest BCUT2D eigenvalue weighted by atomic mass is 79.9. The molecule has 0 aliphatic heterocycles. The van der Waals surface area contributed by atoms with E-state index in [-0.39, 0.29) is 17.2 Å². The van der Waals surface area contributed by atoms with Gasteiger partial charge in [-0.25, -0.2) is 23.4 Å². The maximum absolute atomic E-state index is 12.8. The summed E-state index contributed by atoms with van der Waals surface area (Å²) in [6.07, 6.45) is 1.77. The number of rotatable bonds is 5. The molecule has 0 saturated heterocycles. The van der Waals surface area contributed by atoms with Gasteiger partial charge in [0.2, 0.25) is 24.6 Å². The van der Waals surface area contributed by atoms with Gasteiger partial charge < -0.3 is 4.74 Å². The highest BCUT2D eigenvalue weighted by Gasteiger charge is 2.15. The molecule has 11 heteroatoms. The number of nitrogens with one attached hydrogen (secondary N) is 1. The lowest BCUT2D eigenvalue weighted by molar-refractivity contribution is -0.117. The Morgan fingerprint density at radius 3 is 2.69 bits per heavy atom. The number of carbonyl (C=O) groups excluding carboxylic acids is 1. The molecule has 2 aromatic heterocycles. The predicted molar refractivity (Wildman–Crippen MR) is 90.9 cm³/mol. The quantitative estimate of drug-likeness (QED) is 0.671. The Balaban J connectivity index is 1.93. The number of hydrogen-bond donors (Lipinski definition) is 1. The topological polar surface area (TPSA) is 99.0 Å². The summed E-state index contributed by atoms with van der Waals surface area (Å²) in [5.41, 5.74) is -0.561. The van der Waals surface area contributed by atoms with Gasteiger partial charge in [0.25, 0.3) is 5.56 Å². The van der Waals surface area contributed by atoms with Crippen molar-refractivity contribution < 1.29 is 18.3 Å². The molecule has 1 amide bonds. The first kappa shape index (κ1) is 17.9. The first-order valence-electron chi connectivity index (χ1n) is 7.14. The van der Waals surface area contributed by atoms with Gasteiger partial charge in [-0.05, 0) is 18.2 Å². The molecule has 3 aromatic rings. The Morgan fingerprint density at radius 1 is 1.27 bits per heavy atom. The third kappa shape index (κ3) is 3.82. The zero-order valence-corrected chi connectivity index (χ0v) is 14.5. The number of carbonyl (C=O) groups is 1. The lowest BCUT2D eigenvalue weighted by atomic mass is 10.2. The largest absolute Gasteiger partial charge is 0.444 e. The zero-order valence-electron chi connectivity index (χ0n) is 12.9. The third-order valence-corrected chi connectivity index (χ3v) is 3.74. The van der Waals surface area contributed by atoms with Gasteiger partial charge in [0.1, 0.15) is 6.54 Å². The van der Waals surface area contributed by atoms with Crippen LogP contribution >= 0.6 is 15.9 Å². The number of fused-ring (bicyclic) bond motifs is 1. The van der Waals surface area contributed by atoms with E-state index in [9.17, 15) is 18.4 Å². The van der Waals surface area contributed by atoms with Crippen molar-refractivity contribution in [3.05, 3.63) is 51.2 Å². The molecule has 1 aromatic carbocycles. The lowest BCUT2D eigenvalue weighted by Crippen LogP contribution is -2.30. The number of hydrogen-bond acceptors (Lipinski definition) is 6. The second-order valence-electron chi connectivity index (χ2n) is 4.98. The second-order valence-corrected chi connectivity index (χ2v) is 5.90. The van der Waals surface area contributed by atoms with E-state index < -0.39 is 30.7 Å². The molecule has 26 heavy (non-hydrogen) atoms. The van der Waals surface area contributed by atoms with E-state index in [1.807, 2.05) is 0 Å².